The van der Waals surface area contributed by atoms with Crippen molar-refractivity contribution in [3.63, 3.8) is 0 Å². The molecule has 2 aromatic rings. The van der Waals surface area contributed by atoms with E-state index in [1.807, 2.05) is 31.2 Å². The Morgan fingerprint density at radius 3 is 2.34 bits per heavy atom. The minimum absolute atomic E-state index is 0.139. The van der Waals surface area contributed by atoms with Crippen LogP contribution in [0, 0.1) is 20.8 Å². The van der Waals surface area contributed by atoms with Gasteiger partial charge in [0.2, 0.25) is 5.78 Å². The summed E-state index contributed by atoms with van der Waals surface area (Å²) in [6, 6.07) is 7.65. The molecular weight excluding hydrogens is 374 g/mol. The van der Waals surface area contributed by atoms with E-state index in [-0.39, 0.29) is 12.1 Å². The summed E-state index contributed by atoms with van der Waals surface area (Å²) in [5, 5.41) is 0. The van der Waals surface area contributed by atoms with Crippen molar-refractivity contribution >= 4 is 17.7 Å². The number of esters is 2. The molecule has 0 bridgehead atoms. The molecule has 0 unspecified atom stereocenters. The standard InChI is InChI=1S/C22H27NO6/c1-13-8-10-17(11-9-13)28-12-6-7-18(24)29-16(4)21(25)20-14(2)19(15(3)23-20)22(26)27-5/h8-11,16,23H,6-7,12H2,1-5H3/t16-/m0/s1. The average Bonchev–Trinajstić information content (AvgIpc) is 2.99. The number of aromatic amines is 1. The van der Waals surface area contributed by atoms with Gasteiger partial charge in [-0.15, -0.1) is 0 Å². The van der Waals surface area contributed by atoms with Gasteiger partial charge in [-0.3, -0.25) is 9.59 Å². The minimum atomic E-state index is -0.970. The molecule has 7 nitrogen and oxygen atoms in total. The topological polar surface area (TPSA) is 94.7 Å². The van der Waals surface area contributed by atoms with Gasteiger partial charge >= 0.3 is 11.9 Å². The number of H-pyrrole nitrogens is 1. The summed E-state index contributed by atoms with van der Waals surface area (Å²) < 4.78 is 15.6. The summed E-state index contributed by atoms with van der Waals surface area (Å²) in [5.74, 6) is -0.655. The van der Waals surface area contributed by atoms with E-state index in [2.05, 4.69) is 4.98 Å². The van der Waals surface area contributed by atoms with Crippen LogP contribution in [0.1, 0.15) is 57.4 Å². The van der Waals surface area contributed by atoms with Crippen molar-refractivity contribution in [3.8, 4) is 5.75 Å². The zero-order chi connectivity index (χ0) is 21.6. The van der Waals surface area contributed by atoms with Crippen LogP contribution in [-0.2, 0) is 14.3 Å². The molecule has 0 aliphatic rings. The first-order chi connectivity index (χ1) is 13.7. The predicted octanol–water partition coefficient (Wildman–Crippen LogP) is 3.70. The fourth-order valence-corrected chi connectivity index (χ4v) is 2.96. The molecule has 1 aromatic carbocycles. The smallest absolute Gasteiger partial charge is 0.339 e. The molecule has 1 atom stereocenters. The van der Waals surface area contributed by atoms with E-state index in [0.29, 0.717) is 29.8 Å². The molecule has 29 heavy (non-hydrogen) atoms. The number of aryl methyl sites for hydroxylation is 2. The molecule has 156 valence electrons. The minimum Gasteiger partial charge on any atom is -0.494 e. The van der Waals surface area contributed by atoms with Gasteiger partial charge < -0.3 is 19.2 Å². The lowest BCUT2D eigenvalue weighted by Gasteiger charge is -2.12. The van der Waals surface area contributed by atoms with Crippen LogP contribution in [-0.4, -0.2) is 42.5 Å². The van der Waals surface area contributed by atoms with Gasteiger partial charge in [0, 0.05) is 12.1 Å². The van der Waals surface area contributed by atoms with Crippen molar-refractivity contribution in [3.05, 3.63) is 52.3 Å². The predicted molar refractivity (Wildman–Crippen MR) is 107 cm³/mol. The van der Waals surface area contributed by atoms with Crippen molar-refractivity contribution in [2.45, 2.75) is 46.6 Å². The van der Waals surface area contributed by atoms with Crippen LogP contribution in [0.25, 0.3) is 0 Å². The van der Waals surface area contributed by atoms with Crippen molar-refractivity contribution in [2.75, 3.05) is 13.7 Å². The number of rotatable bonds is 9. The molecule has 7 heteroatoms. The second kappa shape index (κ2) is 9.91. The van der Waals surface area contributed by atoms with Crippen molar-refractivity contribution in [1.82, 2.24) is 4.98 Å². The second-order valence-corrected chi connectivity index (χ2v) is 6.88. The Hall–Kier alpha value is -3.09. The van der Waals surface area contributed by atoms with Crippen LogP contribution in [0.5, 0.6) is 5.75 Å². The molecule has 1 N–H and O–H groups in total. The molecule has 0 amide bonds. The lowest BCUT2D eigenvalue weighted by atomic mass is 10.1. The molecule has 0 spiro atoms. The highest BCUT2D eigenvalue weighted by Crippen LogP contribution is 2.21. The van der Waals surface area contributed by atoms with Crippen molar-refractivity contribution in [1.29, 1.82) is 0 Å². The number of carbonyl (C=O) groups excluding carboxylic acids is 3. The number of hydrogen-bond donors (Lipinski definition) is 1. The van der Waals surface area contributed by atoms with Gasteiger partial charge in [-0.1, -0.05) is 17.7 Å². The first-order valence-corrected chi connectivity index (χ1v) is 9.45. The largest absolute Gasteiger partial charge is 0.494 e. The summed E-state index contributed by atoms with van der Waals surface area (Å²) in [5.41, 5.74) is 2.72. The molecule has 1 aromatic heterocycles. The first-order valence-electron chi connectivity index (χ1n) is 9.45. The lowest BCUT2D eigenvalue weighted by Crippen LogP contribution is -2.25. The summed E-state index contributed by atoms with van der Waals surface area (Å²) in [7, 11) is 1.28. The Morgan fingerprint density at radius 1 is 1.07 bits per heavy atom. The van der Waals surface area contributed by atoms with Crippen LogP contribution < -0.4 is 4.74 Å². The summed E-state index contributed by atoms with van der Waals surface area (Å²) in [6.45, 7) is 7.21. The number of carbonyl (C=O) groups is 3. The molecule has 0 saturated carbocycles. The Labute approximate surface area is 170 Å². The summed E-state index contributed by atoms with van der Waals surface area (Å²) >= 11 is 0. The number of Topliss-reactive ketones (excluding diaryl/α,β-unsaturated/α-hetero) is 1. The van der Waals surface area contributed by atoms with E-state index in [4.69, 9.17) is 14.2 Å². The SMILES string of the molecule is COC(=O)c1c(C)[nH]c(C(=O)[C@H](C)OC(=O)CCCOc2ccc(C)cc2)c1C. The van der Waals surface area contributed by atoms with Gasteiger partial charge in [-0.2, -0.15) is 0 Å². The number of ketones is 1. The molecule has 2 rings (SSSR count). The average molecular weight is 401 g/mol. The quantitative estimate of drug-likeness (QED) is 0.391. The normalized spacial score (nSPS) is 11.6. The highest BCUT2D eigenvalue weighted by molar-refractivity contribution is 6.03. The maximum Gasteiger partial charge on any atom is 0.339 e. The number of ether oxygens (including phenoxy) is 3. The molecule has 0 fully saturated rings. The van der Waals surface area contributed by atoms with Crippen LogP contribution >= 0.6 is 0 Å². The van der Waals surface area contributed by atoms with Crippen LogP contribution in [0.2, 0.25) is 0 Å². The van der Waals surface area contributed by atoms with E-state index < -0.39 is 23.8 Å². The van der Waals surface area contributed by atoms with Crippen LogP contribution in [0.15, 0.2) is 24.3 Å². The fraction of sp³-hybridized carbons (Fsp3) is 0.409. The van der Waals surface area contributed by atoms with Crippen LogP contribution in [0.4, 0.5) is 0 Å². The molecule has 1 heterocycles. The summed E-state index contributed by atoms with van der Waals surface area (Å²) in [4.78, 5) is 39.4. The third kappa shape index (κ3) is 5.70. The second-order valence-electron chi connectivity index (χ2n) is 6.88. The van der Waals surface area contributed by atoms with Crippen molar-refractivity contribution in [2.24, 2.45) is 0 Å². The maximum atomic E-state index is 12.6. The van der Waals surface area contributed by atoms with Crippen LogP contribution in [0.3, 0.4) is 0 Å². The number of nitrogens with one attached hydrogen (secondary N) is 1. The van der Waals surface area contributed by atoms with Gasteiger partial charge in [0.15, 0.2) is 6.10 Å². The molecule has 0 radical (unpaired) electrons. The highest BCUT2D eigenvalue weighted by atomic mass is 16.5. The fourth-order valence-electron chi connectivity index (χ4n) is 2.96. The number of hydrogen-bond acceptors (Lipinski definition) is 6. The summed E-state index contributed by atoms with van der Waals surface area (Å²) in [6.07, 6.45) is -0.358. The van der Waals surface area contributed by atoms with E-state index >= 15 is 0 Å². The van der Waals surface area contributed by atoms with Gasteiger partial charge in [-0.25, -0.2) is 4.79 Å². The van der Waals surface area contributed by atoms with Gasteiger partial charge in [-0.05, 0) is 51.8 Å². The van der Waals surface area contributed by atoms with E-state index in [9.17, 15) is 14.4 Å². The lowest BCUT2D eigenvalue weighted by molar-refractivity contribution is -0.146. The molecule has 0 aliphatic heterocycles. The Kier molecular flexibility index (Phi) is 7.59. The number of aromatic nitrogens is 1. The molecular formula is C22H27NO6. The van der Waals surface area contributed by atoms with E-state index in [1.54, 1.807) is 13.8 Å². The first kappa shape index (κ1) is 22.2. The number of methoxy groups -OCH3 is 1. The highest BCUT2D eigenvalue weighted by Gasteiger charge is 2.27. The molecule has 0 aliphatic carbocycles. The Bertz CT molecular complexity index is 881. The Morgan fingerprint density at radius 2 is 1.72 bits per heavy atom. The zero-order valence-corrected chi connectivity index (χ0v) is 17.5. The van der Waals surface area contributed by atoms with Crippen molar-refractivity contribution < 1.29 is 28.6 Å². The monoisotopic (exact) mass is 401 g/mol. The third-order valence-electron chi connectivity index (χ3n) is 4.57. The third-order valence-corrected chi connectivity index (χ3v) is 4.57. The molecule has 0 saturated heterocycles. The Balaban J connectivity index is 1.85. The number of benzene rings is 1. The van der Waals surface area contributed by atoms with Gasteiger partial charge in [0.05, 0.1) is 25.0 Å². The van der Waals surface area contributed by atoms with E-state index in [1.165, 1.54) is 14.0 Å². The zero-order valence-electron chi connectivity index (χ0n) is 17.5. The van der Waals surface area contributed by atoms with Gasteiger partial charge in [0.1, 0.15) is 5.75 Å². The van der Waals surface area contributed by atoms with Gasteiger partial charge in [0.25, 0.3) is 0 Å². The van der Waals surface area contributed by atoms with E-state index in [0.717, 1.165) is 11.3 Å². The maximum absolute atomic E-state index is 12.6.